The molecule has 3 heterocycles. The first kappa shape index (κ1) is 20.8. The van der Waals surface area contributed by atoms with Gasteiger partial charge in [-0.2, -0.15) is 0 Å². The molecule has 2 unspecified atom stereocenters. The lowest BCUT2D eigenvalue weighted by atomic mass is 9.86. The first-order valence-corrected chi connectivity index (χ1v) is 10.7. The van der Waals surface area contributed by atoms with Crippen molar-refractivity contribution in [2.45, 2.75) is 32.4 Å². The number of benzene rings is 1. The number of β-amino-alcohol motifs (C(OH)–C–C–N with tert-alkyl or cyclic N) is 1. The molecule has 7 heteroatoms. The molecule has 0 spiro atoms. The second-order valence-corrected chi connectivity index (χ2v) is 8.42. The lowest BCUT2D eigenvalue weighted by Gasteiger charge is -2.36. The number of amides is 1. The van der Waals surface area contributed by atoms with Gasteiger partial charge in [0.05, 0.1) is 6.10 Å². The Morgan fingerprint density at radius 1 is 1.30 bits per heavy atom. The quantitative estimate of drug-likeness (QED) is 0.657. The molecule has 3 aromatic rings. The van der Waals surface area contributed by atoms with Crippen LogP contribution in [0.2, 0.25) is 5.02 Å². The van der Waals surface area contributed by atoms with E-state index >= 15 is 0 Å². The minimum atomic E-state index is -0.557. The molecule has 1 aromatic carbocycles. The second-order valence-electron chi connectivity index (χ2n) is 8.02. The van der Waals surface area contributed by atoms with Crippen molar-refractivity contribution in [3.63, 3.8) is 0 Å². The Morgan fingerprint density at radius 3 is 2.80 bits per heavy atom. The smallest absolute Gasteiger partial charge is 0.274 e. The van der Waals surface area contributed by atoms with E-state index in [1.54, 1.807) is 23.4 Å². The molecule has 0 bridgehead atoms. The maximum Gasteiger partial charge on any atom is 0.274 e. The van der Waals surface area contributed by atoms with Gasteiger partial charge in [0.25, 0.3) is 5.91 Å². The fourth-order valence-electron chi connectivity index (χ4n) is 4.23. The van der Waals surface area contributed by atoms with Gasteiger partial charge in [-0.3, -0.25) is 4.79 Å². The number of imidazole rings is 1. The first-order valence-electron chi connectivity index (χ1n) is 10.3. The summed E-state index contributed by atoms with van der Waals surface area (Å²) in [5.74, 6) is -0.0171. The van der Waals surface area contributed by atoms with Crippen LogP contribution in [0.4, 0.5) is 0 Å². The van der Waals surface area contributed by atoms with Crippen LogP contribution in [0, 0.1) is 12.8 Å². The Morgan fingerprint density at radius 2 is 2.07 bits per heavy atom. The lowest BCUT2D eigenvalue weighted by Crippen LogP contribution is -2.47. The number of carbonyl (C=O) groups excluding carboxylic acids is 1. The average molecular weight is 427 g/mol. The molecule has 1 aliphatic heterocycles. The summed E-state index contributed by atoms with van der Waals surface area (Å²) < 4.78 is 1.82. The number of likely N-dealkylation sites (tertiary alicyclic amines) is 1. The Labute approximate surface area is 181 Å². The minimum Gasteiger partial charge on any atom is -0.391 e. The summed E-state index contributed by atoms with van der Waals surface area (Å²) in [7, 11) is 1.94. The predicted molar refractivity (Wildman–Crippen MR) is 118 cm³/mol. The molecule has 0 radical (unpaired) electrons. The number of hydrogen-bond donors (Lipinski definition) is 2. The lowest BCUT2D eigenvalue weighted by molar-refractivity contribution is 0.0194. The number of rotatable bonds is 5. The zero-order chi connectivity index (χ0) is 21.3. The number of nitrogens with zero attached hydrogens (tertiary/aromatic N) is 3. The molecule has 158 valence electrons. The highest BCUT2D eigenvalue weighted by Gasteiger charge is 2.32. The van der Waals surface area contributed by atoms with Crippen molar-refractivity contribution in [1.82, 2.24) is 19.6 Å². The van der Waals surface area contributed by atoms with Gasteiger partial charge in [0.2, 0.25) is 0 Å². The van der Waals surface area contributed by atoms with Crippen molar-refractivity contribution in [2.75, 3.05) is 20.1 Å². The number of aromatic nitrogens is 2. The number of aliphatic hydroxyl groups is 1. The van der Waals surface area contributed by atoms with Gasteiger partial charge in [-0.1, -0.05) is 35.9 Å². The van der Waals surface area contributed by atoms with Gasteiger partial charge in [0.15, 0.2) is 0 Å². The zero-order valence-electron chi connectivity index (χ0n) is 17.3. The van der Waals surface area contributed by atoms with Crippen LogP contribution in [-0.4, -0.2) is 51.5 Å². The molecule has 30 heavy (non-hydrogen) atoms. The van der Waals surface area contributed by atoms with Crippen molar-refractivity contribution >= 4 is 23.2 Å². The number of aliphatic hydroxyl groups excluding tert-OH is 1. The minimum absolute atomic E-state index is 0.133. The van der Waals surface area contributed by atoms with Gasteiger partial charge in [-0.25, -0.2) is 4.98 Å². The summed E-state index contributed by atoms with van der Waals surface area (Å²) in [6.07, 6.45) is 4.55. The standard InChI is InChI=1S/C23H27ClN4O2/c1-15-19(24)8-10-27-13-20(26-22(15)27)23(30)28-9-7-17(21(29)14-28)11-16-5-3-4-6-18(16)12-25-2/h3-6,8,10,13,17,21,25,29H,7,9,11-12,14H2,1-2H3. The van der Waals surface area contributed by atoms with Gasteiger partial charge >= 0.3 is 0 Å². The van der Waals surface area contributed by atoms with Crippen LogP contribution in [0.3, 0.4) is 0 Å². The van der Waals surface area contributed by atoms with Crippen molar-refractivity contribution in [2.24, 2.45) is 5.92 Å². The third kappa shape index (κ3) is 4.08. The van der Waals surface area contributed by atoms with E-state index in [-0.39, 0.29) is 11.8 Å². The van der Waals surface area contributed by atoms with Gasteiger partial charge in [0.1, 0.15) is 11.3 Å². The number of piperidine rings is 1. The van der Waals surface area contributed by atoms with E-state index in [4.69, 9.17) is 11.6 Å². The van der Waals surface area contributed by atoms with Crippen LogP contribution in [0.15, 0.2) is 42.7 Å². The fourth-order valence-corrected chi connectivity index (χ4v) is 4.37. The molecule has 2 N–H and O–H groups in total. The van der Waals surface area contributed by atoms with E-state index in [1.165, 1.54) is 11.1 Å². The Bertz CT molecular complexity index is 1060. The third-order valence-electron chi connectivity index (χ3n) is 6.00. The summed E-state index contributed by atoms with van der Waals surface area (Å²) in [6, 6.07) is 10.1. The van der Waals surface area contributed by atoms with Crippen molar-refractivity contribution in [3.8, 4) is 0 Å². The van der Waals surface area contributed by atoms with E-state index in [2.05, 4.69) is 22.4 Å². The van der Waals surface area contributed by atoms with E-state index in [1.807, 2.05) is 30.5 Å². The van der Waals surface area contributed by atoms with Crippen molar-refractivity contribution in [1.29, 1.82) is 0 Å². The maximum absolute atomic E-state index is 13.0. The van der Waals surface area contributed by atoms with Crippen LogP contribution in [-0.2, 0) is 13.0 Å². The van der Waals surface area contributed by atoms with Crippen LogP contribution in [0.5, 0.6) is 0 Å². The van der Waals surface area contributed by atoms with Crippen LogP contribution in [0.1, 0.15) is 33.6 Å². The van der Waals surface area contributed by atoms with E-state index in [0.29, 0.717) is 29.5 Å². The number of halogens is 1. The molecule has 1 amide bonds. The van der Waals surface area contributed by atoms with Crippen LogP contribution < -0.4 is 5.32 Å². The Balaban J connectivity index is 1.45. The molecular weight excluding hydrogens is 400 g/mol. The second kappa shape index (κ2) is 8.76. The van der Waals surface area contributed by atoms with E-state index in [0.717, 1.165) is 24.9 Å². The molecule has 4 rings (SSSR count). The molecule has 2 aromatic heterocycles. The number of hydrogen-bond acceptors (Lipinski definition) is 4. The van der Waals surface area contributed by atoms with Crippen LogP contribution in [0.25, 0.3) is 5.65 Å². The summed E-state index contributed by atoms with van der Waals surface area (Å²) in [5, 5.41) is 14.6. The predicted octanol–water partition coefficient (Wildman–Crippen LogP) is 3.08. The van der Waals surface area contributed by atoms with E-state index < -0.39 is 6.10 Å². The highest BCUT2D eigenvalue weighted by atomic mass is 35.5. The first-order chi connectivity index (χ1) is 14.5. The summed E-state index contributed by atoms with van der Waals surface area (Å²) >= 11 is 6.17. The van der Waals surface area contributed by atoms with Crippen molar-refractivity contribution < 1.29 is 9.90 Å². The Hall–Kier alpha value is -2.41. The molecule has 2 atom stereocenters. The summed E-state index contributed by atoms with van der Waals surface area (Å²) in [6.45, 7) is 3.63. The van der Waals surface area contributed by atoms with E-state index in [9.17, 15) is 9.90 Å². The molecule has 1 saturated heterocycles. The molecule has 1 fully saturated rings. The molecule has 6 nitrogen and oxygen atoms in total. The summed E-state index contributed by atoms with van der Waals surface area (Å²) in [4.78, 5) is 19.2. The highest BCUT2D eigenvalue weighted by Crippen LogP contribution is 2.26. The average Bonchev–Trinajstić information content (AvgIpc) is 3.18. The van der Waals surface area contributed by atoms with Gasteiger partial charge in [-0.05, 0) is 49.9 Å². The normalized spacial score (nSPS) is 19.4. The zero-order valence-corrected chi connectivity index (χ0v) is 18.1. The maximum atomic E-state index is 13.0. The van der Waals surface area contributed by atoms with Crippen molar-refractivity contribution in [3.05, 3.63) is 70.1 Å². The number of pyridine rings is 1. The van der Waals surface area contributed by atoms with Gasteiger partial charge in [0, 0.05) is 42.6 Å². The molecule has 0 aliphatic carbocycles. The largest absolute Gasteiger partial charge is 0.391 e. The molecule has 1 aliphatic rings. The highest BCUT2D eigenvalue weighted by molar-refractivity contribution is 6.31. The number of fused-ring (bicyclic) bond motifs is 1. The Kier molecular flexibility index (Phi) is 6.09. The van der Waals surface area contributed by atoms with Gasteiger partial charge in [-0.15, -0.1) is 0 Å². The number of carbonyl (C=O) groups is 1. The van der Waals surface area contributed by atoms with Crippen LogP contribution >= 0.6 is 11.6 Å². The SMILES string of the molecule is CNCc1ccccc1CC1CCN(C(=O)c2cn3ccc(Cl)c(C)c3n2)CC1O. The van der Waals surface area contributed by atoms with Gasteiger partial charge < -0.3 is 19.7 Å². The fraction of sp³-hybridized carbons (Fsp3) is 0.391. The third-order valence-corrected chi connectivity index (χ3v) is 6.41. The number of aryl methyl sites for hydroxylation is 1. The topological polar surface area (TPSA) is 69.9 Å². The molecule has 0 saturated carbocycles. The summed E-state index contributed by atoms with van der Waals surface area (Å²) in [5.41, 5.74) is 4.41. The number of nitrogens with one attached hydrogen (secondary N) is 1. The molecular formula is C23H27ClN4O2. The monoisotopic (exact) mass is 426 g/mol.